The highest BCUT2D eigenvalue weighted by Gasteiger charge is 2.31. The Hall–Kier alpha value is -3.52. The summed E-state index contributed by atoms with van der Waals surface area (Å²) in [6, 6.07) is 12.8. The van der Waals surface area contributed by atoms with Crippen LogP contribution < -0.4 is 5.43 Å². The van der Waals surface area contributed by atoms with E-state index >= 15 is 0 Å². The molecular weight excluding hydrogens is 451 g/mol. The van der Waals surface area contributed by atoms with E-state index in [-0.39, 0.29) is 48.6 Å². The SMILES string of the molecule is COCCN(CC(=O)N(Cc1ccc(F)cc1)Cc1coc2ccccc2c1=O)C(=O)C1CCC1. The molecule has 2 amide bonds. The van der Waals surface area contributed by atoms with Crippen LogP contribution >= 0.6 is 0 Å². The molecule has 4 rings (SSSR count). The van der Waals surface area contributed by atoms with Gasteiger partial charge in [0.15, 0.2) is 5.43 Å². The van der Waals surface area contributed by atoms with E-state index in [4.69, 9.17) is 9.15 Å². The molecule has 1 fully saturated rings. The van der Waals surface area contributed by atoms with E-state index in [1.54, 1.807) is 43.5 Å². The van der Waals surface area contributed by atoms with Crippen molar-refractivity contribution in [2.24, 2.45) is 5.92 Å². The third-order valence-corrected chi connectivity index (χ3v) is 6.41. The first-order chi connectivity index (χ1) is 17.0. The lowest BCUT2D eigenvalue weighted by atomic mass is 9.84. The number of para-hydroxylation sites is 1. The van der Waals surface area contributed by atoms with E-state index in [0.29, 0.717) is 35.2 Å². The van der Waals surface area contributed by atoms with Crippen molar-refractivity contribution in [2.75, 3.05) is 26.8 Å². The minimum absolute atomic E-state index is 0.000879. The molecule has 1 aliphatic carbocycles. The van der Waals surface area contributed by atoms with Crippen molar-refractivity contribution in [3.63, 3.8) is 0 Å². The van der Waals surface area contributed by atoms with Crippen LogP contribution in [0.25, 0.3) is 11.0 Å². The number of amides is 2. The van der Waals surface area contributed by atoms with Gasteiger partial charge in [0.25, 0.3) is 0 Å². The van der Waals surface area contributed by atoms with Crippen molar-refractivity contribution in [1.29, 1.82) is 0 Å². The summed E-state index contributed by atoms with van der Waals surface area (Å²) < 4.78 is 24.2. The fraction of sp³-hybridized carbons (Fsp3) is 0.370. The summed E-state index contributed by atoms with van der Waals surface area (Å²) in [5, 5.41) is 0.432. The minimum atomic E-state index is -0.376. The summed E-state index contributed by atoms with van der Waals surface area (Å²) in [6.45, 7) is 0.650. The Balaban J connectivity index is 1.59. The second kappa shape index (κ2) is 11.3. The molecule has 8 heteroatoms. The van der Waals surface area contributed by atoms with Crippen LogP contribution in [-0.2, 0) is 27.4 Å². The molecule has 1 aliphatic rings. The lowest BCUT2D eigenvalue weighted by molar-refractivity contribution is -0.145. The van der Waals surface area contributed by atoms with Crippen LogP contribution in [0.1, 0.15) is 30.4 Å². The molecule has 0 saturated heterocycles. The summed E-state index contributed by atoms with van der Waals surface area (Å²) in [7, 11) is 1.55. The third-order valence-electron chi connectivity index (χ3n) is 6.41. The Kier molecular flexibility index (Phi) is 7.92. The molecule has 0 radical (unpaired) electrons. The summed E-state index contributed by atoms with van der Waals surface area (Å²) in [6.07, 6.45) is 4.04. The molecule has 1 heterocycles. The Bertz CT molecular complexity index is 1240. The number of rotatable bonds is 10. The number of fused-ring (bicyclic) bond motifs is 1. The predicted octanol–water partition coefficient (Wildman–Crippen LogP) is 3.74. The molecule has 1 saturated carbocycles. The average molecular weight is 481 g/mol. The number of nitrogens with zero attached hydrogens (tertiary/aromatic N) is 2. The van der Waals surface area contributed by atoms with E-state index in [9.17, 15) is 18.8 Å². The monoisotopic (exact) mass is 480 g/mol. The van der Waals surface area contributed by atoms with Crippen molar-refractivity contribution >= 4 is 22.8 Å². The van der Waals surface area contributed by atoms with Gasteiger partial charge in [-0.15, -0.1) is 0 Å². The highest BCUT2D eigenvalue weighted by molar-refractivity contribution is 5.86. The molecule has 0 spiro atoms. The average Bonchev–Trinajstić information content (AvgIpc) is 2.83. The molecule has 2 aromatic carbocycles. The molecule has 0 N–H and O–H groups in total. The van der Waals surface area contributed by atoms with Gasteiger partial charge < -0.3 is 19.0 Å². The first-order valence-corrected chi connectivity index (χ1v) is 11.8. The Morgan fingerprint density at radius 3 is 2.49 bits per heavy atom. The number of benzene rings is 2. The van der Waals surface area contributed by atoms with Gasteiger partial charge in [0.1, 0.15) is 11.4 Å². The topological polar surface area (TPSA) is 80.1 Å². The molecule has 35 heavy (non-hydrogen) atoms. The van der Waals surface area contributed by atoms with Gasteiger partial charge >= 0.3 is 0 Å². The second-order valence-electron chi connectivity index (χ2n) is 8.84. The van der Waals surface area contributed by atoms with Crippen molar-refractivity contribution in [3.8, 4) is 0 Å². The van der Waals surface area contributed by atoms with Gasteiger partial charge in [0.2, 0.25) is 11.8 Å². The van der Waals surface area contributed by atoms with Gasteiger partial charge in [-0.3, -0.25) is 14.4 Å². The fourth-order valence-electron chi connectivity index (χ4n) is 4.12. The number of hydrogen-bond acceptors (Lipinski definition) is 5. The zero-order chi connectivity index (χ0) is 24.8. The molecule has 0 unspecified atom stereocenters. The van der Waals surface area contributed by atoms with Crippen molar-refractivity contribution in [1.82, 2.24) is 9.80 Å². The van der Waals surface area contributed by atoms with Crippen LogP contribution in [0.5, 0.6) is 0 Å². The van der Waals surface area contributed by atoms with Gasteiger partial charge in [0.05, 0.1) is 36.9 Å². The number of carbonyl (C=O) groups excluding carboxylic acids is 2. The van der Waals surface area contributed by atoms with Crippen molar-refractivity contribution in [2.45, 2.75) is 32.4 Å². The first kappa shape index (κ1) is 24.6. The van der Waals surface area contributed by atoms with Crippen LogP contribution in [0.3, 0.4) is 0 Å². The molecule has 0 bridgehead atoms. The highest BCUT2D eigenvalue weighted by Crippen LogP contribution is 2.28. The first-order valence-electron chi connectivity index (χ1n) is 11.8. The quantitative estimate of drug-likeness (QED) is 0.442. The summed E-state index contributed by atoms with van der Waals surface area (Å²) >= 11 is 0. The zero-order valence-corrected chi connectivity index (χ0v) is 19.7. The van der Waals surface area contributed by atoms with E-state index < -0.39 is 0 Å². The van der Waals surface area contributed by atoms with E-state index in [0.717, 1.165) is 19.3 Å². The largest absolute Gasteiger partial charge is 0.464 e. The zero-order valence-electron chi connectivity index (χ0n) is 19.7. The lowest BCUT2D eigenvalue weighted by Crippen LogP contribution is -2.47. The Morgan fingerprint density at radius 2 is 1.80 bits per heavy atom. The predicted molar refractivity (Wildman–Crippen MR) is 129 cm³/mol. The molecule has 7 nitrogen and oxygen atoms in total. The number of carbonyl (C=O) groups is 2. The van der Waals surface area contributed by atoms with Crippen LogP contribution in [0.15, 0.2) is 64.0 Å². The van der Waals surface area contributed by atoms with Crippen LogP contribution in [0, 0.1) is 11.7 Å². The fourth-order valence-corrected chi connectivity index (χ4v) is 4.12. The molecule has 1 aromatic heterocycles. The summed E-state index contributed by atoms with van der Waals surface area (Å²) in [4.78, 5) is 42.5. The van der Waals surface area contributed by atoms with Gasteiger partial charge in [-0.25, -0.2) is 4.39 Å². The smallest absolute Gasteiger partial charge is 0.242 e. The molecule has 3 aromatic rings. The molecule has 0 aliphatic heterocycles. The number of methoxy groups -OCH3 is 1. The third kappa shape index (κ3) is 5.95. The van der Waals surface area contributed by atoms with Gasteiger partial charge in [-0.1, -0.05) is 30.7 Å². The summed E-state index contributed by atoms with van der Waals surface area (Å²) in [5.41, 5.74) is 1.28. The maximum absolute atomic E-state index is 13.5. The standard InChI is InChI=1S/C27H29FN2O5/c1-34-14-13-29(27(33)20-5-4-6-20)17-25(31)30(15-19-9-11-22(28)12-10-19)16-21-18-35-24-8-3-2-7-23(24)26(21)32/h2-3,7-12,18,20H,4-6,13-17H2,1H3. The number of hydrogen-bond donors (Lipinski definition) is 0. The summed E-state index contributed by atoms with van der Waals surface area (Å²) in [5.74, 6) is -0.796. The van der Waals surface area contributed by atoms with Gasteiger partial charge in [0, 0.05) is 26.1 Å². The number of ether oxygens (including phenoxy) is 1. The molecule has 0 atom stereocenters. The maximum atomic E-state index is 13.5. The van der Waals surface area contributed by atoms with Crippen LogP contribution in [-0.4, -0.2) is 48.4 Å². The molecular formula is C27H29FN2O5. The van der Waals surface area contributed by atoms with E-state index in [2.05, 4.69) is 0 Å². The van der Waals surface area contributed by atoms with Crippen LogP contribution in [0.2, 0.25) is 0 Å². The Labute approximate surface area is 203 Å². The van der Waals surface area contributed by atoms with E-state index in [1.807, 2.05) is 0 Å². The number of halogens is 1. The van der Waals surface area contributed by atoms with Gasteiger partial charge in [-0.2, -0.15) is 0 Å². The lowest BCUT2D eigenvalue weighted by Gasteiger charge is -2.33. The maximum Gasteiger partial charge on any atom is 0.242 e. The second-order valence-corrected chi connectivity index (χ2v) is 8.84. The Morgan fingerprint density at radius 1 is 1.06 bits per heavy atom. The van der Waals surface area contributed by atoms with E-state index in [1.165, 1.54) is 28.2 Å². The molecule has 184 valence electrons. The van der Waals surface area contributed by atoms with Crippen molar-refractivity contribution in [3.05, 3.63) is 82.0 Å². The normalized spacial score (nSPS) is 13.4. The van der Waals surface area contributed by atoms with Crippen LogP contribution in [0.4, 0.5) is 4.39 Å². The van der Waals surface area contributed by atoms with Gasteiger partial charge in [-0.05, 0) is 42.7 Å². The highest BCUT2D eigenvalue weighted by atomic mass is 19.1. The minimum Gasteiger partial charge on any atom is -0.464 e. The van der Waals surface area contributed by atoms with Crippen molar-refractivity contribution < 1.29 is 23.1 Å².